The maximum Gasteiger partial charge on any atom is 0.330 e. The second kappa shape index (κ2) is 8.57. The van der Waals surface area contributed by atoms with Crippen LogP contribution in [0.15, 0.2) is 0 Å². The van der Waals surface area contributed by atoms with Gasteiger partial charge in [-0.25, -0.2) is 0 Å². The predicted octanol–water partition coefficient (Wildman–Crippen LogP) is 1.15. The number of rotatable bonds is 7. The van der Waals surface area contributed by atoms with Crippen molar-refractivity contribution < 1.29 is 23.8 Å². The molecule has 1 saturated heterocycles. The minimum Gasteiger partial charge on any atom is -0.389 e. The molecule has 1 fully saturated rings. The molecule has 0 aromatic carbocycles. The molecule has 1 aliphatic rings. The van der Waals surface area contributed by atoms with Gasteiger partial charge in [0, 0.05) is 12.1 Å². The minimum absolute atomic E-state index is 0. The van der Waals surface area contributed by atoms with E-state index in [1.807, 2.05) is 0 Å². The Bertz CT molecular complexity index is 297. The average Bonchev–Trinajstić information content (AvgIpc) is 2.55. The van der Waals surface area contributed by atoms with Gasteiger partial charge in [0.05, 0.1) is 31.6 Å². The molecule has 0 radical (unpaired) electrons. The molecular weight excluding hydrogens is 293 g/mol. The molecule has 1 aliphatic heterocycles. The molecule has 8 heteroatoms. The lowest BCUT2D eigenvalue weighted by Gasteiger charge is -2.20. The van der Waals surface area contributed by atoms with Crippen LogP contribution in [-0.2, 0) is 13.6 Å². The van der Waals surface area contributed by atoms with Crippen LogP contribution in [0.2, 0.25) is 0 Å². The minimum atomic E-state index is -3.07. The first-order valence-corrected chi connectivity index (χ1v) is 8.16. The van der Waals surface area contributed by atoms with Gasteiger partial charge in [-0.05, 0) is 27.2 Å². The quantitative estimate of drug-likeness (QED) is 0.610. The lowest BCUT2D eigenvalue weighted by atomic mass is 10.1. The largest absolute Gasteiger partial charge is 0.389 e. The number of aliphatic hydroxyl groups excluding tert-OH is 2. The van der Waals surface area contributed by atoms with Gasteiger partial charge < -0.3 is 24.6 Å². The molecule has 0 spiro atoms. The Morgan fingerprint density at radius 2 is 1.68 bits per heavy atom. The normalized spacial score (nSPS) is 31.2. The summed E-state index contributed by atoms with van der Waals surface area (Å²) in [5, 5.41) is 22.5. The predicted molar refractivity (Wildman–Crippen MR) is 76.0 cm³/mol. The smallest absolute Gasteiger partial charge is 0.330 e. The molecule has 116 valence electrons. The van der Waals surface area contributed by atoms with E-state index in [2.05, 4.69) is 5.32 Å². The Kier molecular flexibility index (Phi) is 8.72. The first kappa shape index (κ1) is 19.3. The number of halogens is 1. The molecule has 0 aliphatic carbocycles. The number of hydrogen-bond donors (Lipinski definition) is 3. The molecule has 0 bridgehead atoms. The molecule has 6 nitrogen and oxygen atoms in total. The molecule has 1 rings (SSSR count). The van der Waals surface area contributed by atoms with Crippen LogP contribution in [-0.4, -0.2) is 53.9 Å². The van der Waals surface area contributed by atoms with Crippen LogP contribution >= 0.6 is 20.0 Å². The third-order valence-corrected chi connectivity index (χ3v) is 5.23. The maximum atomic E-state index is 12.2. The fourth-order valence-electron chi connectivity index (χ4n) is 2.18. The molecule has 0 aromatic rings. The van der Waals surface area contributed by atoms with E-state index < -0.39 is 19.8 Å². The van der Waals surface area contributed by atoms with E-state index >= 15 is 0 Å². The SMILES string of the molecule is CCOP(=O)(CC[C@@H]1N[C@@H](C)[C@@H](O)[C@H]1O)OCC.Cl. The first-order valence-electron chi connectivity index (χ1n) is 6.43. The molecular formula is C11H25ClNO5P. The summed E-state index contributed by atoms with van der Waals surface area (Å²) < 4.78 is 22.6. The number of aliphatic hydroxyl groups is 2. The molecule has 0 unspecified atom stereocenters. The third kappa shape index (κ3) is 5.31. The van der Waals surface area contributed by atoms with Crippen molar-refractivity contribution in [3.8, 4) is 0 Å². The van der Waals surface area contributed by atoms with Gasteiger partial charge in [-0.2, -0.15) is 0 Å². The van der Waals surface area contributed by atoms with E-state index in [4.69, 9.17) is 9.05 Å². The second-order valence-electron chi connectivity index (χ2n) is 4.50. The highest BCUT2D eigenvalue weighted by molar-refractivity contribution is 7.53. The maximum absolute atomic E-state index is 12.2. The fraction of sp³-hybridized carbons (Fsp3) is 1.00. The lowest BCUT2D eigenvalue weighted by Crippen LogP contribution is -2.33. The Morgan fingerprint density at radius 3 is 2.05 bits per heavy atom. The Balaban J connectivity index is 0.00000324. The molecule has 4 atom stereocenters. The van der Waals surface area contributed by atoms with Crippen molar-refractivity contribution in [2.24, 2.45) is 0 Å². The highest BCUT2D eigenvalue weighted by atomic mass is 35.5. The van der Waals surface area contributed by atoms with Gasteiger partial charge in [-0.3, -0.25) is 4.57 Å². The summed E-state index contributed by atoms with van der Waals surface area (Å²) in [5.74, 6) is 0. The van der Waals surface area contributed by atoms with E-state index in [1.54, 1.807) is 20.8 Å². The summed E-state index contributed by atoms with van der Waals surface area (Å²) in [6, 6.07) is -0.437. The van der Waals surface area contributed by atoms with Crippen LogP contribution in [0.3, 0.4) is 0 Å². The van der Waals surface area contributed by atoms with Crippen LogP contribution in [0.4, 0.5) is 0 Å². The van der Waals surface area contributed by atoms with Crippen molar-refractivity contribution >= 4 is 20.0 Å². The zero-order chi connectivity index (χ0) is 13.8. The van der Waals surface area contributed by atoms with Crippen LogP contribution < -0.4 is 5.32 Å². The third-order valence-electron chi connectivity index (χ3n) is 3.12. The van der Waals surface area contributed by atoms with Crippen LogP contribution in [0.1, 0.15) is 27.2 Å². The highest BCUT2D eigenvalue weighted by Crippen LogP contribution is 2.49. The van der Waals surface area contributed by atoms with E-state index in [0.29, 0.717) is 19.6 Å². The van der Waals surface area contributed by atoms with Crippen molar-refractivity contribution in [3.63, 3.8) is 0 Å². The van der Waals surface area contributed by atoms with Crippen LogP contribution in [0.5, 0.6) is 0 Å². The number of hydrogen-bond acceptors (Lipinski definition) is 6. The standard InChI is InChI=1S/C11H24NO5P.ClH/c1-4-16-18(15,17-5-2)7-6-9-11(14)10(13)8(3)12-9;/h8-14H,4-7H2,1-3H3;1H/t8-,9-,10+,11-;/m0./s1. The average molecular weight is 318 g/mol. The summed E-state index contributed by atoms with van der Waals surface area (Å²) in [6.45, 7) is 5.99. The molecule has 3 N–H and O–H groups in total. The fourth-order valence-corrected chi connectivity index (χ4v) is 3.89. The first-order chi connectivity index (χ1) is 8.43. The zero-order valence-electron chi connectivity index (χ0n) is 11.6. The van der Waals surface area contributed by atoms with Gasteiger partial charge in [0.1, 0.15) is 0 Å². The van der Waals surface area contributed by atoms with Gasteiger partial charge in [-0.15, -0.1) is 12.4 Å². The van der Waals surface area contributed by atoms with Gasteiger partial charge in [0.15, 0.2) is 0 Å². The van der Waals surface area contributed by atoms with Crippen molar-refractivity contribution in [3.05, 3.63) is 0 Å². The molecule has 0 amide bonds. The molecule has 0 saturated carbocycles. The van der Waals surface area contributed by atoms with Crippen LogP contribution in [0, 0.1) is 0 Å². The molecule has 0 aromatic heterocycles. The van der Waals surface area contributed by atoms with Crippen molar-refractivity contribution in [1.29, 1.82) is 0 Å². The summed E-state index contributed by atoms with van der Waals surface area (Å²) in [6.07, 6.45) is -0.937. The van der Waals surface area contributed by atoms with Gasteiger partial charge in [0.2, 0.25) is 0 Å². The van der Waals surface area contributed by atoms with Crippen molar-refractivity contribution in [2.45, 2.75) is 51.5 Å². The Hall–Kier alpha value is 0.320. The topological polar surface area (TPSA) is 88.0 Å². The monoisotopic (exact) mass is 317 g/mol. The zero-order valence-corrected chi connectivity index (χ0v) is 13.3. The van der Waals surface area contributed by atoms with Crippen molar-refractivity contribution in [2.75, 3.05) is 19.4 Å². The van der Waals surface area contributed by atoms with Gasteiger partial charge >= 0.3 is 7.60 Å². The summed E-state index contributed by atoms with van der Waals surface area (Å²) in [5.41, 5.74) is 0. The van der Waals surface area contributed by atoms with E-state index in [1.165, 1.54) is 0 Å². The molecule has 19 heavy (non-hydrogen) atoms. The summed E-state index contributed by atoms with van der Waals surface area (Å²) >= 11 is 0. The van der Waals surface area contributed by atoms with E-state index in [0.717, 1.165) is 0 Å². The van der Waals surface area contributed by atoms with Crippen LogP contribution in [0.25, 0.3) is 0 Å². The van der Waals surface area contributed by atoms with E-state index in [9.17, 15) is 14.8 Å². The Morgan fingerprint density at radius 1 is 1.16 bits per heavy atom. The van der Waals surface area contributed by atoms with Gasteiger partial charge in [-0.1, -0.05) is 0 Å². The van der Waals surface area contributed by atoms with Crippen molar-refractivity contribution in [1.82, 2.24) is 5.32 Å². The summed E-state index contributed by atoms with van der Waals surface area (Å²) in [7, 11) is -3.07. The Labute approximate surface area is 120 Å². The second-order valence-corrected chi connectivity index (χ2v) is 6.69. The van der Waals surface area contributed by atoms with Gasteiger partial charge in [0.25, 0.3) is 0 Å². The molecule has 1 heterocycles. The lowest BCUT2D eigenvalue weighted by molar-refractivity contribution is 0.0297. The number of nitrogens with one attached hydrogen (secondary N) is 1. The van der Waals surface area contributed by atoms with E-state index in [-0.39, 0.29) is 30.7 Å². The summed E-state index contributed by atoms with van der Waals surface area (Å²) in [4.78, 5) is 0. The highest BCUT2D eigenvalue weighted by Gasteiger charge is 2.39.